The molecular weight excluding hydrogens is 220 g/mol. The van der Waals surface area contributed by atoms with Gasteiger partial charge in [-0.2, -0.15) is 0 Å². The van der Waals surface area contributed by atoms with Gasteiger partial charge in [-0.15, -0.1) is 0 Å². The molecule has 108 valence electrons. The number of hydrogen-bond acceptors (Lipinski definition) is 2. The summed E-state index contributed by atoms with van der Waals surface area (Å²) in [6.45, 7) is 14.5. The van der Waals surface area contributed by atoms with Gasteiger partial charge in [0.1, 0.15) is 0 Å². The fourth-order valence-electron chi connectivity index (χ4n) is 2.95. The minimum absolute atomic E-state index is 0.731. The summed E-state index contributed by atoms with van der Waals surface area (Å²) in [5, 5.41) is 0. The Hall–Kier alpha value is -0.0800. The summed E-state index contributed by atoms with van der Waals surface area (Å²) < 4.78 is 0. The molecule has 18 heavy (non-hydrogen) atoms. The molecular formula is C16H34N2. The first-order valence-electron chi connectivity index (χ1n) is 7.91. The van der Waals surface area contributed by atoms with E-state index in [1.54, 1.807) is 0 Å². The SMILES string of the molecule is CC(C)CCCN(C)CC1CCN(C(C)C)CC1. The van der Waals surface area contributed by atoms with Gasteiger partial charge in [-0.1, -0.05) is 13.8 Å². The van der Waals surface area contributed by atoms with Gasteiger partial charge in [0.15, 0.2) is 0 Å². The van der Waals surface area contributed by atoms with Gasteiger partial charge in [-0.3, -0.25) is 0 Å². The van der Waals surface area contributed by atoms with Crippen LogP contribution >= 0.6 is 0 Å². The van der Waals surface area contributed by atoms with Crippen LogP contribution in [0, 0.1) is 11.8 Å². The van der Waals surface area contributed by atoms with Crippen LogP contribution in [-0.2, 0) is 0 Å². The zero-order chi connectivity index (χ0) is 13.5. The zero-order valence-corrected chi connectivity index (χ0v) is 13.3. The summed E-state index contributed by atoms with van der Waals surface area (Å²) in [7, 11) is 2.30. The molecule has 0 aliphatic carbocycles. The maximum atomic E-state index is 2.62. The summed E-state index contributed by atoms with van der Waals surface area (Å²) in [6, 6.07) is 0.731. The molecule has 0 unspecified atom stereocenters. The minimum Gasteiger partial charge on any atom is -0.306 e. The zero-order valence-electron chi connectivity index (χ0n) is 13.3. The Morgan fingerprint density at radius 3 is 2.22 bits per heavy atom. The summed E-state index contributed by atoms with van der Waals surface area (Å²) in [5.41, 5.74) is 0. The van der Waals surface area contributed by atoms with E-state index < -0.39 is 0 Å². The molecule has 2 nitrogen and oxygen atoms in total. The van der Waals surface area contributed by atoms with Crippen molar-refractivity contribution in [1.82, 2.24) is 9.80 Å². The molecule has 0 aromatic heterocycles. The fraction of sp³-hybridized carbons (Fsp3) is 1.00. The van der Waals surface area contributed by atoms with Crippen molar-refractivity contribution in [2.45, 2.75) is 59.4 Å². The first-order chi connectivity index (χ1) is 8.49. The van der Waals surface area contributed by atoms with Crippen molar-refractivity contribution in [2.75, 3.05) is 33.2 Å². The van der Waals surface area contributed by atoms with Crippen molar-refractivity contribution in [3.63, 3.8) is 0 Å². The van der Waals surface area contributed by atoms with Crippen molar-refractivity contribution in [3.8, 4) is 0 Å². The van der Waals surface area contributed by atoms with Crippen LogP contribution in [0.4, 0.5) is 0 Å². The second kappa shape index (κ2) is 8.16. The molecule has 1 saturated heterocycles. The normalized spacial score (nSPS) is 19.3. The Kier molecular flexibility index (Phi) is 7.25. The number of likely N-dealkylation sites (tertiary alicyclic amines) is 1. The van der Waals surface area contributed by atoms with Crippen LogP contribution in [0.2, 0.25) is 0 Å². The molecule has 1 aliphatic rings. The molecule has 0 aromatic rings. The third kappa shape index (κ3) is 6.19. The van der Waals surface area contributed by atoms with E-state index in [0.717, 1.165) is 17.9 Å². The molecule has 0 saturated carbocycles. The third-order valence-corrected chi connectivity index (χ3v) is 4.27. The Labute approximate surface area is 115 Å². The van der Waals surface area contributed by atoms with Gasteiger partial charge in [-0.25, -0.2) is 0 Å². The van der Waals surface area contributed by atoms with E-state index >= 15 is 0 Å². The van der Waals surface area contributed by atoms with Gasteiger partial charge in [0.2, 0.25) is 0 Å². The van der Waals surface area contributed by atoms with E-state index in [-0.39, 0.29) is 0 Å². The van der Waals surface area contributed by atoms with Crippen LogP contribution in [0.15, 0.2) is 0 Å². The highest BCUT2D eigenvalue weighted by Gasteiger charge is 2.21. The maximum absolute atomic E-state index is 2.62. The number of nitrogens with zero attached hydrogens (tertiary/aromatic N) is 2. The molecule has 0 bridgehead atoms. The van der Waals surface area contributed by atoms with E-state index in [4.69, 9.17) is 0 Å². The van der Waals surface area contributed by atoms with E-state index in [1.165, 1.54) is 51.9 Å². The Balaban J connectivity index is 2.12. The molecule has 0 atom stereocenters. The lowest BCUT2D eigenvalue weighted by molar-refractivity contribution is 0.128. The van der Waals surface area contributed by atoms with Crippen LogP contribution in [0.5, 0.6) is 0 Å². The van der Waals surface area contributed by atoms with Crippen LogP contribution in [0.25, 0.3) is 0 Å². The number of piperidine rings is 1. The number of rotatable bonds is 7. The molecule has 1 rings (SSSR count). The molecule has 0 radical (unpaired) electrons. The first-order valence-corrected chi connectivity index (χ1v) is 7.91. The molecule has 0 aromatic carbocycles. The predicted molar refractivity (Wildman–Crippen MR) is 81.0 cm³/mol. The van der Waals surface area contributed by atoms with Crippen molar-refractivity contribution in [3.05, 3.63) is 0 Å². The summed E-state index contributed by atoms with van der Waals surface area (Å²) >= 11 is 0. The molecule has 1 heterocycles. The summed E-state index contributed by atoms with van der Waals surface area (Å²) in [4.78, 5) is 5.17. The van der Waals surface area contributed by atoms with E-state index in [1.807, 2.05) is 0 Å². The van der Waals surface area contributed by atoms with Crippen molar-refractivity contribution in [1.29, 1.82) is 0 Å². The highest BCUT2D eigenvalue weighted by molar-refractivity contribution is 4.76. The number of hydrogen-bond donors (Lipinski definition) is 0. The maximum Gasteiger partial charge on any atom is 0.00385 e. The van der Waals surface area contributed by atoms with Crippen LogP contribution in [-0.4, -0.2) is 49.1 Å². The summed E-state index contributed by atoms with van der Waals surface area (Å²) in [6.07, 6.45) is 5.52. The molecule has 0 amide bonds. The smallest absolute Gasteiger partial charge is 0.00385 e. The Morgan fingerprint density at radius 1 is 1.11 bits per heavy atom. The van der Waals surface area contributed by atoms with Gasteiger partial charge in [0, 0.05) is 12.6 Å². The molecule has 1 fully saturated rings. The van der Waals surface area contributed by atoms with Crippen LogP contribution in [0.1, 0.15) is 53.4 Å². The van der Waals surface area contributed by atoms with E-state index in [9.17, 15) is 0 Å². The van der Waals surface area contributed by atoms with E-state index in [0.29, 0.717) is 0 Å². The Morgan fingerprint density at radius 2 is 1.72 bits per heavy atom. The highest BCUT2D eigenvalue weighted by atomic mass is 15.2. The quantitative estimate of drug-likeness (QED) is 0.686. The fourth-order valence-corrected chi connectivity index (χ4v) is 2.95. The van der Waals surface area contributed by atoms with Gasteiger partial charge in [0.05, 0.1) is 0 Å². The molecule has 1 aliphatic heterocycles. The molecule has 2 heteroatoms. The van der Waals surface area contributed by atoms with Gasteiger partial charge in [0.25, 0.3) is 0 Å². The lowest BCUT2D eigenvalue weighted by Gasteiger charge is -2.36. The highest BCUT2D eigenvalue weighted by Crippen LogP contribution is 2.19. The average Bonchev–Trinajstić information content (AvgIpc) is 2.29. The third-order valence-electron chi connectivity index (χ3n) is 4.27. The molecule has 0 N–H and O–H groups in total. The van der Waals surface area contributed by atoms with Gasteiger partial charge < -0.3 is 9.80 Å². The van der Waals surface area contributed by atoms with Crippen molar-refractivity contribution >= 4 is 0 Å². The predicted octanol–water partition coefficient (Wildman–Crippen LogP) is 3.47. The second-order valence-electron chi connectivity index (χ2n) is 6.87. The van der Waals surface area contributed by atoms with Crippen molar-refractivity contribution < 1.29 is 0 Å². The summed E-state index contributed by atoms with van der Waals surface area (Å²) in [5.74, 6) is 1.79. The van der Waals surface area contributed by atoms with Gasteiger partial charge >= 0.3 is 0 Å². The van der Waals surface area contributed by atoms with Crippen LogP contribution in [0.3, 0.4) is 0 Å². The lowest BCUT2D eigenvalue weighted by Crippen LogP contribution is -2.41. The second-order valence-corrected chi connectivity index (χ2v) is 6.87. The standard InChI is InChI=1S/C16H34N2/c1-14(2)7-6-10-17(5)13-16-8-11-18(12-9-16)15(3)4/h14-16H,6-13H2,1-5H3. The lowest BCUT2D eigenvalue weighted by atomic mass is 9.95. The van der Waals surface area contributed by atoms with Crippen LogP contribution < -0.4 is 0 Å². The minimum atomic E-state index is 0.731. The topological polar surface area (TPSA) is 6.48 Å². The van der Waals surface area contributed by atoms with Gasteiger partial charge in [-0.05, 0) is 78.0 Å². The Bertz CT molecular complexity index is 205. The largest absolute Gasteiger partial charge is 0.306 e. The first kappa shape index (κ1) is 16.0. The van der Waals surface area contributed by atoms with Crippen molar-refractivity contribution in [2.24, 2.45) is 11.8 Å². The molecule has 0 spiro atoms. The monoisotopic (exact) mass is 254 g/mol. The average molecular weight is 254 g/mol. The van der Waals surface area contributed by atoms with E-state index in [2.05, 4.69) is 44.5 Å².